The maximum absolute atomic E-state index is 11.6. The molecule has 0 unspecified atom stereocenters. The molecule has 0 bridgehead atoms. The number of carbonyl (C=O) groups is 1. The Morgan fingerprint density at radius 3 is 2.71 bits per heavy atom. The Kier molecular flexibility index (Phi) is 5.43. The molecule has 17 heavy (non-hydrogen) atoms. The summed E-state index contributed by atoms with van der Waals surface area (Å²) in [6.07, 6.45) is 0.916. The average Bonchev–Trinajstić information content (AvgIpc) is 2.63. The van der Waals surface area contributed by atoms with Crippen LogP contribution in [0.3, 0.4) is 0 Å². The first-order valence-electron chi connectivity index (χ1n) is 5.69. The van der Waals surface area contributed by atoms with Gasteiger partial charge in [-0.25, -0.2) is 0 Å². The minimum absolute atomic E-state index is 0.0273. The molecule has 5 heteroatoms. The molecule has 0 fully saturated rings. The summed E-state index contributed by atoms with van der Waals surface area (Å²) in [7, 11) is 0. The van der Waals surface area contributed by atoms with Crippen LogP contribution < -0.4 is 10.6 Å². The van der Waals surface area contributed by atoms with Gasteiger partial charge in [0.25, 0.3) is 0 Å². The highest BCUT2D eigenvalue weighted by Crippen LogP contribution is 2.20. The SMILES string of the molecule is CCC(C)(C)NC(=O)CNCc1ccc(Cl)s1. The lowest BCUT2D eigenvalue weighted by molar-refractivity contribution is -0.121. The number of hydrogen-bond acceptors (Lipinski definition) is 3. The quantitative estimate of drug-likeness (QED) is 0.838. The van der Waals surface area contributed by atoms with Gasteiger partial charge in [-0.2, -0.15) is 0 Å². The zero-order chi connectivity index (χ0) is 12.9. The van der Waals surface area contributed by atoms with E-state index in [1.165, 1.54) is 11.3 Å². The van der Waals surface area contributed by atoms with Gasteiger partial charge in [0.1, 0.15) is 0 Å². The Labute approximate surface area is 112 Å². The molecular weight excluding hydrogens is 256 g/mol. The topological polar surface area (TPSA) is 41.1 Å². The Morgan fingerprint density at radius 2 is 2.18 bits per heavy atom. The van der Waals surface area contributed by atoms with Crippen LogP contribution in [-0.2, 0) is 11.3 Å². The molecule has 0 spiro atoms. The van der Waals surface area contributed by atoms with E-state index in [0.717, 1.165) is 15.6 Å². The van der Waals surface area contributed by atoms with Gasteiger partial charge in [0, 0.05) is 17.0 Å². The second-order valence-electron chi connectivity index (χ2n) is 4.59. The normalized spacial score (nSPS) is 11.5. The summed E-state index contributed by atoms with van der Waals surface area (Å²) in [6, 6.07) is 3.83. The standard InChI is InChI=1S/C12H19ClN2OS/c1-4-12(2,3)15-11(16)8-14-7-9-5-6-10(13)17-9/h5-6,14H,4,7-8H2,1-3H3,(H,15,16). The number of amides is 1. The van der Waals surface area contributed by atoms with E-state index >= 15 is 0 Å². The highest BCUT2D eigenvalue weighted by atomic mass is 35.5. The van der Waals surface area contributed by atoms with E-state index in [-0.39, 0.29) is 11.4 Å². The number of nitrogens with one attached hydrogen (secondary N) is 2. The van der Waals surface area contributed by atoms with Gasteiger partial charge in [-0.1, -0.05) is 18.5 Å². The van der Waals surface area contributed by atoms with Gasteiger partial charge >= 0.3 is 0 Å². The molecule has 1 aromatic rings. The summed E-state index contributed by atoms with van der Waals surface area (Å²) < 4.78 is 0.776. The fraction of sp³-hybridized carbons (Fsp3) is 0.583. The van der Waals surface area contributed by atoms with E-state index in [1.807, 2.05) is 26.0 Å². The van der Waals surface area contributed by atoms with E-state index in [2.05, 4.69) is 17.6 Å². The molecule has 0 aliphatic rings. The molecule has 0 saturated heterocycles. The van der Waals surface area contributed by atoms with Crippen molar-refractivity contribution in [2.45, 2.75) is 39.3 Å². The van der Waals surface area contributed by atoms with Crippen molar-refractivity contribution in [1.29, 1.82) is 0 Å². The highest BCUT2D eigenvalue weighted by molar-refractivity contribution is 7.16. The molecule has 2 N–H and O–H groups in total. The largest absolute Gasteiger partial charge is 0.350 e. The number of halogens is 1. The lowest BCUT2D eigenvalue weighted by atomic mass is 10.0. The average molecular weight is 275 g/mol. The smallest absolute Gasteiger partial charge is 0.234 e. The molecule has 0 aliphatic carbocycles. The zero-order valence-corrected chi connectivity index (χ0v) is 12.0. The lowest BCUT2D eigenvalue weighted by Crippen LogP contribution is -2.46. The van der Waals surface area contributed by atoms with Crippen molar-refractivity contribution in [2.24, 2.45) is 0 Å². The Balaban J connectivity index is 2.25. The van der Waals surface area contributed by atoms with E-state index in [0.29, 0.717) is 13.1 Å². The Bertz CT molecular complexity index is 376. The first-order valence-corrected chi connectivity index (χ1v) is 6.88. The molecule has 0 atom stereocenters. The monoisotopic (exact) mass is 274 g/mol. The first kappa shape index (κ1) is 14.5. The molecule has 1 heterocycles. The molecule has 1 amide bonds. The van der Waals surface area contributed by atoms with Crippen LogP contribution in [0.15, 0.2) is 12.1 Å². The molecule has 0 aliphatic heterocycles. The molecule has 96 valence electrons. The van der Waals surface area contributed by atoms with E-state index < -0.39 is 0 Å². The predicted molar refractivity (Wildman–Crippen MR) is 73.5 cm³/mol. The maximum atomic E-state index is 11.6. The summed E-state index contributed by atoms with van der Waals surface area (Å²) in [5, 5.41) is 6.07. The summed E-state index contributed by atoms with van der Waals surface area (Å²) in [4.78, 5) is 12.8. The van der Waals surface area contributed by atoms with Crippen LogP contribution in [-0.4, -0.2) is 18.0 Å². The zero-order valence-electron chi connectivity index (χ0n) is 10.5. The van der Waals surface area contributed by atoms with Gasteiger partial charge < -0.3 is 10.6 Å². The van der Waals surface area contributed by atoms with Crippen LogP contribution in [0.1, 0.15) is 32.1 Å². The van der Waals surface area contributed by atoms with Crippen molar-refractivity contribution in [3.05, 3.63) is 21.3 Å². The van der Waals surface area contributed by atoms with Crippen LogP contribution in [0.2, 0.25) is 4.34 Å². The molecule has 0 radical (unpaired) electrons. The van der Waals surface area contributed by atoms with Crippen molar-refractivity contribution in [1.82, 2.24) is 10.6 Å². The summed E-state index contributed by atoms with van der Waals surface area (Å²) >= 11 is 7.35. The van der Waals surface area contributed by atoms with Crippen molar-refractivity contribution in [3.63, 3.8) is 0 Å². The van der Waals surface area contributed by atoms with Crippen LogP contribution in [0.5, 0.6) is 0 Å². The highest BCUT2D eigenvalue weighted by Gasteiger charge is 2.17. The van der Waals surface area contributed by atoms with Crippen LogP contribution in [0.25, 0.3) is 0 Å². The summed E-state index contributed by atoms with van der Waals surface area (Å²) in [5.74, 6) is 0.0273. The summed E-state index contributed by atoms with van der Waals surface area (Å²) in [5.41, 5.74) is -0.134. The van der Waals surface area contributed by atoms with Gasteiger partial charge in [0.15, 0.2) is 0 Å². The number of rotatable bonds is 6. The van der Waals surface area contributed by atoms with Crippen molar-refractivity contribution < 1.29 is 4.79 Å². The van der Waals surface area contributed by atoms with Crippen LogP contribution in [0.4, 0.5) is 0 Å². The second-order valence-corrected chi connectivity index (χ2v) is 6.39. The third kappa shape index (κ3) is 5.52. The third-order valence-corrected chi connectivity index (χ3v) is 3.81. The number of carbonyl (C=O) groups excluding carboxylic acids is 1. The minimum Gasteiger partial charge on any atom is -0.350 e. The number of thiophene rings is 1. The number of hydrogen-bond donors (Lipinski definition) is 2. The van der Waals surface area contributed by atoms with Gasteiger partial charge in [-0.3, -0.25) is 4.79 Å². The molecule has 3 nitrogen and oxygen atoms in total. The predicted octanol–water partition coefficient (Wildman–Crippen LogP) is 2.80. The second kappa shape index (κ2) is 6.38. The van der Waals surface area contributed by atoms with Gasteiger partial charge in [-0.15, -0.1) is 11.3 Å². The molecule has 1 rings (SSSR count). The summed E-state index contributed by atoms with van der Waals surface area (Å²) in [6.45, 7) is 7.10. The molecule has 0 aromatic carbocycles. The van der Waals surface area contributed by atoms with E-state index in [1.54, 1.807) is 0 Å². The van der Waals surface area contributed by atoms with Gasteiger partial charge in [-0.05, 0) is 32.4 Å². The molecular formula is C12H19ClN2OS. The van der Waals surface area contributed by atoms with E-state index in [9.17, 15) is 4.79 Å². The molecule has 0 saturated carbocycles. The lowest BCUT2D eigenvalue weighted by Gasteiger charge is -2.24. The Hall–Kier alpha value is -0.580. The fourth-order valence-electron chi connectivity index (χ4n) is 1.26. The third-order valence-electron chi connectivity index (χ3n) is 2.58. The minimum atomic E-state index is -0.134. The van der Waals surface area contributed by atoms with Crippen molar-refractivity contribution in [3.8, 4) is 0 Å². The van der Waals surface area contributed by atoms with Gasteiger partial charge in [0.2, 0.25) is 5.91 Å². The van der Waals surface area contributed by atoms with Gasteiger partial charge in [0.05, 0.1) is 10.9 Å². The van der Waals surface area contributed by atoms with E-state index in [4.69, 9.17) is 11.6 Å². The maximum Gasteiger partial charge on any atom is 0.234 e. The fourth-order valence-corrected chi connectivity index (χ4v) is 2.31. The first-order chi connectivity index (χ1) is 7.93. The Morgan fingerprint density at radius 1 is 1.47 bits per heavy atom. The van der Waals surface area contributed by atoms with Crippen LogP contribution >= 0.6 is 22.9 Å². The van der Waals surface area contributed by atoms with Crippen molar-refractivity contribution in [2.75, 3.05) is 6.54 Å². The van der Waals surface area contributed by atoms with Crippen LogP contribution in [0, 0.1) is 0 Å². The van der Waals surface area contributed by atoms with Crippen molar-refractivity contribution >= 4 is 28.8 Å². The molecule has 1 aromatic heterocycles.